The van der Waals surface area contributed by atoms with Crippen LogP contribution < -0.4 is 5.32 Å². The molecule has 0 aromatic carbocycles. The van der Waals surface area contributed by atoms with Crippen LogP contribution in [0.15, 0.2) is 0 Å². The number of piperidine rings is 1. The summed E-state index contributed by atoms with van der Waals surface area (Å²) < 4.78 is 12.3. The first-order chi connectivity index (χ1) is 8.47. The monoisotopic (exact) mass is 254 g/mol. The molecular weight excluding hydrogens is 228 g/mol. The van der Waals surface area contributed by atoms with Gasteiger partial charge >= 0.3 is 0 Å². The van der Waals surface area contributed by atoms with Gasteiger partial charge in [0.05, 0.1) is 6.61 Å². The third-order valence-corrected chi connectivity index (χ3v) is 5.26. The van der Waals surface area contributed by atoms with Crippen molar-refractivity contribution in [2.45, 2.75) is 44.4 Å². The van der Waals surface area contributed by atoms with Crippen molar-refractivity contribution in [1.82, 2.24) is 10.2 Å². The zero-order valence-corrected chi connectivity index (χ0v) is 11.9. The van der Waals surface area contributed by atoms with Gasteiger partial charge in [-0.2, -0.15) is 0 Å². The topological polar surface area (TPSA) is 33.7 Å². The number of ether oxygens (including phenoxy) is 2. The second kappa shape index (κ2) is 4.17. The first kappa shape index (κ1) is 12.9. The van der Waals surface area contributed by atoms with Crippen LogP contribution in [0.1, 0.15) is 33.1 Å². The minimum atomic E-state index is -0.101. The lowest BCUT2D eigenvalue weighted by Crippen LogP contribution is -2.69. The Morgan fingerprint density at radius 2 is 1.83 bits per heavy atom. The Labute approximate surface area is 110 Å². The summed E-state index contributed by atoms with van der Waals surface area (Å²) in [6.45, 7) is 9.47. The molecule has 0 radical (unpaired) electrons. The summed E-state index contributed by atoms with van der Waals surface area (Å²) in [4.78, 5) is 2.38. The molecule has 0 bridgehead atoms. The zero-order chi connectivity index (χ0) is 12.9. The van der Waals surface area contributed by atoms with Gasteiger partial charge < -0.3 is 14.4 Å². The zero-order valence-electron chi connectivity index (χ0n) is 11.9. The minimum absolute atomic E-state index is 0.0752. The third-order valence-electron chi connectivity index (χ3n) is 5.26. The van der Waals surface area contributed by atoms with Gasteiger partial charge in [-0.3, -0.25) is 5.32 Å². The fraction of sp³-hybridized carbons (Fsp3) is 1.00. The molecule has 3 rings (SSSR count). The molecule has 3 saturated heterocycles. The predicted octanol–water partition coefficient (Wildman–Crippen LogP) is 1.21. The number of rotatable bonds is 0. The van der Waals surface area contributed by atoms with E-state index in [9.17, 15) is 0 Å². The van der Waals surface area contributed by atoms with Crippen LogP contribution in [0.3, 0.4) is 0 Å². The molecule has 3 fully saturated rings. The Morgan fingerprint density at radius 3 is 2.44 bits per heavy atom. The smallest absolute Gasteiger partial charge is 0.122 e. The van der Waals surface area contributed by atoms with E-state index < -0.39 is 0 Å². The lowest BCUT2D eigenvalue weighted by Gasteiger charge is -2.57. The average Bonchev–Trinajstić information content (AvgIpc) is 2.79. The SMILES string of the molecule is CN1CCC2(CC1)NCC(C)(C)C1(CCOC1)O2. The van der Waals surface area contributed by atoms with E-state index in [1.807, 2.05) is 0 Å². The molecule has 1 atom stereocenters. The molecule has 2 spiro atoms. The Hall–Kier alpha value is -0.160. The van der Waals surface area contributed by atoms with Crippen LogP contribution in [0.5, 0.6) is 0 Å². The molecule has 1 unspecified atom stereocenters. The first-order valence-electron chi connectivity index (χ1n) is 7.19. The van der Waals surface area contributed by atoms with Crippen molar-refractivity contribution in [2.75, 3.05) is 39.9 Å². The van der Waals surface area contributed by atoms with Crippen LogP contribution in [0, 0.1) is 5.41 Å². The lowest BCUT2D eigenvalue weighted by atomic mass is 9.71. The van der Waals surface area contributed by atoms with Crippen molar-refractivity contribution in [3.8, 4) is 0 Å². The highest BCUT2D eigenvalue weighted by molar-refractivity contribution is 5.06. The van der Waals surface area contributed by atoms with Gasteiger partial charge in [-0.15, -0.1) is 0 Å². The Morgan fingerprint density at radius 1 is 1.11 bits per heavy atom. The number of nitrogens with zero attached hydrogens (tertiary/aromatic N) is 1. The Bertz CT molecular complexity index is 316. The second-order valence-corrected chi connectivity index (χ2v) is 6.93. The molecule has 1 N–H and O–H groups in total. The van der Waals surface area contributed by atoms with Gasteiger partial charge in [0, 0.05) is 50.9 Å². The van der Waals surface area contributed by atoms with E-state index in [-0.39, 0.29) is 16.7 Å². The summed E-state index contributed by atoms with van der Waals surface area (Å²) in [5, 5.41) is 3.69. The minimum Gasteiger partial charge on any atom is -0.378 e. The maximum atomic E-state index is 6.66. The summed E-state index contributed by atoms with van der Waals surface area (Å²) in [7, 11) is 2.19. The predicted molar refractivity (Wildman–Crippen MR) is 70.5 cm³/mol. The third kappa shape index (κ3) is 1.90. The fourth-order valence-electron chi connectivity index (χ4n) is 3.51. The summed E-state index contributed by atoms with van der Waals surface area (Å²) in [6.07, 6.45) is 3.21. The standard InChI is InChI=1S/C14H26N2O2/c1-12(2)10-15-14(4-7-16(3)8-5-14)18-13(12)6-9-17-11-13/h15H,4-11H2,1-3H3. The van der Waals surface area contributed by atoms with Gasteiger partial charge in [0.1, 0.15) is 11.3 Å². The van der Waals surface area contributed by atoms with E-state index >= 15 is 0 Å². The van der Waals surface area contributed by atoms with E-state index in [2.05, 4.69) is 31.1 Å². The molecule has 4 heteroatoms. The van der Waals surface area contributed by atoms with Crippen LogP contribution in [-0.4, -0.2) is 56.1 Å². The normalized spacial score (nSPS) is 39.5. The summed E-state index contributed by atoms with van der Waals surface area (Å²) in [5.41, 5.74) is -0.0258. The number of hydrogen-bond acceptors (Lipinski definition) is 4. The van der Waals surface area contributed by atoms with Crippen molar-refractivity contribution >= 4 is 0 Å². The quantitative estimate of drug-likeness (QED) is 0.704. The highest BCUT2D eigenvalue weighted by atomic mass is 16.6. The van der Waals surface area contributed by atoms with E-state index in [0.717, 1.165) is 52.1 Å². The largest absolute Gasteiger partial charge is 0.378 e. The molecule has 104 valence electrons. The van der Waals surface area contributed by atoms with E-state index in [1.165, 1.54) is 0 Å². The van der Waals surface area contributed by atoms with Crippen LogP contribution in [-0.2, 0) is 9.47 Å². The van der Waals surface area contributed by atoms with Crippen molar-refractivity contribution in [3.63, 3.8) is 0 Å². The van der Waals surface area contributed by atoms with Crippen molar-refractivity contribution in [1.29, 1.82) is 0 Å². The van der Waals surface area contributed by atoms with Crippen LogP contribution in [0.25, 0.3) is 0 Å². The van der Waals surface area contributed by atoms with Gasteiger partial charge in [-0.1, -0.05) is 13.8 Å². The van der Waals surface area contributed by atoms with Gasteiger partial charge in [0.2, 0.25) is 0 Å². The van der Waals surface area contributed by atoms with Crippen LogP contribution in [0.2, 0.25) is 0 Å². The Kier molecular flexibility index (Phi) is 2.98. The van der Waals surface area contributed by atoms with Crippen molar-refractivity contribution < 1.29 is 9.47 Å². The Balaban J connectivity index is 1.81. The molecule has 0 saturated carbocycles. The summed E-state index contributed by atoms with van der Waals surface area (Å²) in [5.74, 6) is 0. The van der Waals surface area contributed by atoms with Gasteiger partial charge in [0.15, 0.2) is 0 Å². The summed E-state index contributed by atoms with van der Waals surface area (Å²) >= 11 is 0. The highest BCUT2D eigenvalue weighted by Crippen LogP contribution is 2.47. The second-order valence-electron chi connectivity index (χ2n) is 6.93. The highest BCUT2D eigenvalue weighted by Gasteiger charge is 2.57. The van der Waals surface area contributed by atoms with Crippen molar-refractivity contribution in [2.24, 2.45) is 5.41 Å². The number of hydrogen-bond donors (Lipinski definition) is 1. The van der Waals surface area contributed by atoms with Gasteiger partial charge in [-0.05, 0) is 7.05 Å². The molecule has 18 heavy (non-hydrogen) atoms. The van der Waals surface area contributed by atoms with E-state index in [4.69, 9.17) is 9.47 Å². The molecule has 0 aromatic rings. The maximum absolute atomic E-state index is 6.66. The lowest BCUT2D eigenvalue weighted by molar-refractivity contribution is -0.261. The molecule has 0 aliphatic carbocycles. The molecule has 3 aliphatic rings. The van der Waals surface area contributed by atoms with Gasteiger partial charge in [-0.25, -0.2) is 0 Å². The maximum Gasteiger partial charge on any atom is 0.122 e. The molecule has 4 nitrogen and oxygen atoms in total. The van der Waals surface area contributed by atoms with E-state index in [1.54, 1.807) is 0 Å². The number of nitrogens with one attached hydrogen (secondary N) is 1. The molecule has 0 aromatic heterocycles. The molecular formula is C14H26N2O2. The average molecular weight is 254 g/mol. The van der Waals surface area contributed by atoms with Crippen LogP contribution >= 0.6 is 0 Å². The van der Waals surface area contributed by atoms with Crippen molar-refractivity contribution in [3.05, 3.63) is 0 Å². The molecule has 3 aliphatic heterocycles. The van der Waals surface area contributed by atoms with Crippen LogP contribution in [0.4, 0.5) is 0 Å². The molecule has 3 heterocycles. The first-order valence-corrected chi connectivity index (χ1v) is 7.19. The summed E-state index contributed by atoms with van der Waals surface area (Å²) in [6, 6.07) is 0. The van der Waals surface area contributed by atoms with Gasteiger partial charge in [0.25, 0.3) is 0 Å². The number of likely N-dealkylation sites (tertiary alicyclic amines) is 1. The van der Waals surface area contributed by atoms with E-state index in [0.29, 0.717) is 0 Å². The molecule has 0 amide bonds. The fourth-order valence-corrected chi connectivity index (χ4v) is 3.51.